The Morgan fingerprint density at radius 3 is 2.69 bits per heavy atom. The van der Waals surface area contributed by atoms with E-state index in [1.807, 2.05) is 19.1 Å². The smallest absolute Gasteiger partial charge is 0.126 e. The van der Waals surface area contributed by atoms with Crippen LogP contribution in [0.3, 0.4) is 0 Å². The summed E-state index contributed by atoms with van der Waals surface area (Å²) in [4.78, 5) is 4.45. The first-order chi connectivity index (χ1) is 7.50. The fourth-order valence-electron chi connectivity index (χ4n) is 1.50. The summed E-state index contributed by atoms with van der Waals surface area (Å²) in [5, 5.41) is 12.4. The summed E-state index contributed by atoms with van der Waals surface area (Å²) in [5.74, 6) is 0.860. The zero-order chi connectivity index (χ0) is 12.2. The van der Waals surface area contributed by atoms with Gasteiger partial charge in [0.15, 0.2) is 0 Å². The van der Waals surface area contributed by atoms with Gasteiger partial charge in [-0.15, -0.1) is 0 Å². The minimum Gasteiger partial charge on any atom is -0.396 e. The minimum atomic E-state index is -0.0952. The number of nitrogens with one attached hydrogen (secondary N) is 1. The Labute approximate surface area is 105 Å². The average Bonchev–Trinajstić information content (AvgIpc) is 2.24. The topological polar surface area (TPSA) is 45.1 Å². The summed E-state index contributed by atoms with van der Waals surface area (Å²) in [5.41, 5.74) is 0.870. The molecule has 0 aliphatic rings. The number of aromatic nitrogens is 1. The van der Waals surface area contributed by atoms with Gasteiger partial charge >= 0.3 is 0 Å². The normalized spacial score (nSPS) is 14.6. The van der Waals surface area contributed by atoms with Crippen molar-refractivity contribution in [3.8, 4) is 0 Å². The molecule has 0 bridgehead atoms. The molecule has 0 amide bonds. The Hall–Kier alpha value is -0.610. The van der Waals surface area contributed by atoms with E-state index in [2.05, 4.69) is 40.1 Å². The van der Waals surface area contributed by atoms with Gasteiger partial charge < -0.3 is 10.4 Å². The third-order valence-corrected chi connectivity index (χ3v) is 3.73. The molecule has 1 atom stereocenters. The molecule has 1 rings (SSSR count). The van der Waals surface area contributed by atoms with E-state index in [9.17, 15) is 0 Å². The van der Waals surface area contributed by atoms with E-state index in [0.717, 1.165) is 28.8 Å². The zero-order valence-corrected chi connectivity index (χ0v) is 11.6. The molecule has 0 aliphatic heterocycles. The molecule has 0 radical (unpaired) electrons. The predicted molar refractivity (Wildman–Crippen MR) is 70.7 cm³/mol. The van der Waals surface area contributed by atoms with Crippen molar-refractivity contribution in [1.29, 1.82) is 0 Å². The van der Waals surface area contributed by atoms with E-state index >= 15 is 0 Å². The summed E-state index contributed by atoms with van der Waals surface area (Å²) in [6.45, 7) is 6.36. The first-order valence-electron chi connectivity index (χ1n) is 5.53. The fourth-order valence-corrected chi connectivity index (χ4v) is 1.72. The largest absolute Gasteiger partial charge is 0.396 e. The molecule has 0 fully saturated rings. The van der Waals surface area contributed by atoms with E-state index in [-0.39, 0.29) is 12.1 Å². The molecule has 2 N–H and O–H groups in total. The molecule has 3 nitrogen and oxygen atoms in total. The highest BCUT2D eigenvalue weighted by Crippen LogP contribution is 2.22. The number of anilines is 1. The standard InChI is InChI=1S/C12H19BrN2O/c1-4-12(3,7-8-16)15-11-6-5-10(13)9(2)14-11/h5-6,16H,4,7-8H2,1-3H3,(H,14,15). The van der Waals surface area contributed by atoms with E-state index in [1.54, 1.807) is 0 Å². The van der Waals surface area contributed by atoms with Crippen molar-refractivity contribution in [2.75, 3.05) is 11.9 Å². The van der Waals surface area contributed by atoms with Gasteiger partial charge in [-0.25, -0.2) is 4.98 Å². The maximum atomic E-state index is 9.04. The number of nitrogens with zero attached hydrogens (tertiary/aromatic N) is 1. The van der Waals surface area contributed by atoms with Gasteiger partial charge in [0.25, 0.3) is 0 Å². The van der Waals surface area contributed by atoms with Crippen LogP contribution in [0.1, 0.15) is 32.4 Å². The Morgan fingerprint density at radius 2 is 2.19 bits per heavy atom. The summed E-state index contributed by atoms with van der Waals surface area (Å²) >= 11 is 3.43. The molecular weight excluding hydrogens is 268 g/mol. The van der Waals surface area contributed by atoms with Gasteiger partial charge in [-0.1, -0.05) is 6.92 Å². The van der Waals surface area contributed by atoms with Gasteiger partial charge in [-0.3, -0.25) is 0 Å². The van der Waals surface area contributed by atoms with Gasteiger partial charge in [-0.05, 0) is 54.8 Å². The van der Waals surface area contributed by atoms with Gasteiger partial charge in [0.1, 0.15) is 5.82 Å². The number of pyridine rings is 1. The van der Waals surface area contributed by atoms with Gasteiger partial charge in [0.05, 0.1) is 5.69 Å². The average molecular weight is 287 g/mol. The number of hydrogen-bond acceptors (Lipinski definition) is 3. The van der Waals surface area contributed by atoms with Crippen LogP contribution in [-0.2, 0) is 0 Å². The van der Waals surface area contributed by atoms with Crippen LogP contribution in [-0.4, -0.2) is 22.2 Å². The van der Waals surface area contributed by atoms with Crippen LogP contribution in [0.2, 0.25) is 0 Å². The lowest BCUT2D eigenvalue weighted by Gasteiger charge is -2.29. The second kappa shape index (κ2) is 5.64. The Balaban J connectivity index is 2.81. The maximum absolute atomic E-state index is 9.04. The molecule has 0 saturated heterocycles. The van der Waals surface area contributed by atoms with E-state index in [0.29, 0.717) is 0 Å². The highest BCUT2D eigenvalue weighted by molar-refractivity contribution is 9.10. The number of aliphatic hydroxyl groups is 1. The Morgan fingerprint density at radius 1 is 1.50 bits per heavy atom. The molecule has 1 aromatic heterocycles. The molecule has 90 valence electrons. The van der Waals surface area contributed by atoms with Gasteiger partial charge in [0, 0.05) is 16.6 Å². The number of halogens is 1. The third-order valence-electron chi connectivity index (χ3n) is 2.90. The van der Waals surface area contributed by atoms with Gasteiger partial charge in [-0.2, -0.15) is 0 Å². The van der Waals surface area contributed by atoms with Crippen LogP contribution in [0.15, 0.2) is 16.6 Å². The molecule has 0 aromatic carbocycles. The molecule has 1 unspecified atom stereocenters. The van der Waals surface area contributed by atoms with Crippen LogP contribution < -0.4 is 5.32 Å². The number of hydrogen-bond donors (Lipinski definition) is 2. The Bertz CT molecular complexity index is 357. The maximum Gasteiger partial charge on any atom is 0.126 e. The second-order valence-electron chi connectivity index (χ2n) is 4.28. The summed E-state index contributed by atoms with van der Waals surface area (Å²) in [6, 6.07) is 3.93. The van der Waals surface area contributed by atoms with E-state index < -0.39 is 0 Å². The van der Waals surface area contributed by atoms with Gasteiger partial charge in [0.2, 0.25) is 0 Å². The molecule has 1 aromatic rings. The van der Waals surface area contributed by atoms with Crippen molar-refractivity contribution in [3.05, 3.63) is 22.3 Å². The number of aryl methyl sites for hydroxylation is 1. The lowest BCUT2D eigenvalue weighted by Crippen LogP contribution is -2.35. The van der Waals surface area contributed by atoms with Crippen LogP contribution in [0.25, 0.3) is 0 Å². The number of rotatable bonds is 5. The second-order valence-corrected chi connectivity index (χ2v) is 5.13. The van der Waals surface area contributed by atoms with E-state index in [4.69, 9.17) is 5.11 Å². The summed E-state index contributed by atoms with van der Waals surface area (Å²) < 4.78 is 1.01. The van der Waals surface area contributed by atoms with Crippen molar-refractivity contribution in [2.45, 2.75) is 39.2 Å². The molecule has 0 spiro atoms. The van der Waals surface area contributed by atoms with Crippen molar-refractivity contribution in [1.82, 2.24) is 4.98 Å². The molecule has 16 heavy (non-hydrogen) atoms. The first-order valence-corrected chi connectivity index (χ1v) is 6.32. The van der Waals surface area contributed by atoms with E-state index in [1.165, 1.54) is 0 Å². The Kier molecular flexibility index (Phi) is 4.74. The molecule has 0 aliphatic carbocycles. The summed E-state index contributed by atoms with van der Waals surface area (Å²) in [7, 11) is 0. The first kappa shape index (κ1) is 13.5. The molecule has 0 saturated carbocycles. The lowest BCUT2D eigenvalue weighted by molar-refractivity contribution is 0.252. The SMILES string of the molecule is CCC(C)(CCO)Nc1ccc(Br)c(C)n1. The number of aliphatic hydroxyl groups excluding tert-OH is 1. The van der Waals surface area contributed by atoms with Crippen LogP contribution >= 0.6 is 15.9 Å². The molecule has 4 heteroatoms. The summed E-state index contributed by atoms with van der Waals surface area (Å²) in [6.07, 6.45) is 1.67. The van der Waals surface area contributed by atoms with Crippen LogP contribution in [0.4, 0.5) is 5.82 Å². The molecular formula is C12H19BrN2O. The van der Waals surface area contributed by atoms with Crippen molar-refractivity contribution < 1.29 is 5.11 Å². The van der Waals surface area contributed by atoms with Crippen LogP contribution in [0.5, 0.6) is 0 Å². The van der Waals surface area contributed by atoms with Crippen molar-refractivity contribution in [2.24, 2.45) is 0 Å². The van der Waals surface area contributed by atoms with Crippen molar-refractivity contribution >= 4 is 21.7 Å². The third kappa shape index (κ3) is 3.46. The van der Waals surface area contributed by atoms with Crippen LogP contribution in [0, 0.1) is 6.92 Å². The fraction of sp³-hybridized carbons (Fsp3) is 0.583. The predicted octanol–water partition coefficient (Wildman–Crippen LogP) is 3.12. The zero-order valence-electron chi connectivity index (χ0n) is 10.0. The van der Waals surface area contributed by atoms with Crippen molar-refractivity contribution in [3.63, 3.8) is 0 Å². The molecule has 1 heterocycles. The quantitative estimate of drug-likeness (QED) is 0.874. The monoisotopic (exact) mass is 286 g/mol. The lowest BCUT2D eigenvalue weighted by atomic mass is 9.95. The highest BCUT2D eigenvalue weighted by atomic mass is 79.9. The highest BCUT2D eigenvalue weighted by Gasteiger charge is 2.21. The minimum absolute atomic E-state index is 0.0952.